The molecule has 4 nitrogen and oxygen atoms in total. The molecule has 4 heterocycles. The Hall–Kier alpha value is -5.00. The summed E-state index contributed by atoms with van der Waals surface area (Å²) in [6.45, 7) is 18.7. The van der Waals surface area contributed by atoms with E-state index in [4.69, 9.17) is 0 Å². The van der Waals surface area contributed by atoms with E-state index < -0.39 is 8.07 Å². The highest BCUT2D eigenvalue weighted by atomic mass is 28.3. The van der Waals surface area contributed by atoms with Gasteiger partial charge in [-0.3, -0.25) is 9.97 Å². The maximum absolute atomic E-state index is 4.51. The molecule has 0 aliphatic carbocycles. The van der Waals surface area contributed by atoms with Gasteiger partial charge in [0.15, 0.2) is 0 Å². The Bertz CT molecular complexity index is 2380. The third kappa shape index (κ3) is 6.08. The zero-order valence-electron chi connectivity index (χ0n) is 31.3. The summed E-state index contributed by atoms with van der Waals surface area (Å²) in [5.41, 5.74) is 10.4. The molecule has 0 amide bonds. The van der Waals surface area contributed by atoms with Crippen molar-refractivity contribution in [2.75, 3.05) is 0 Å². The van der Waals surface area contributed by atoms with Crippen LogP contribution in [0.15, 0.2) is 122 Å². The van der Waals surface area contributed by atoms with Gasteiger partial charge in [-0.15, -0.1) is 0 Å². The van der Waals surface area contributed by atoms with E-state index >= 15 is 0 Å². The van der Waals surface area contributed by atoms with Gasteiger partial charge in [0, 0.05) is 57.7 Å². The predicted octanol–water partition coefficient (Wildman–Crippen LogP) is 10.7. The third-order valence-corrected chi connectivity index (χ3v) is 14.0. The molecule has 0 spiro atoms. The van der Waals surface area contributed by atoms with E-state index in [0.717, 1.165) is 12.8 Å². The average molecular weight is 685 g/mol. The van der Waals surface area contributed by atoms with Gasteiger partial charge in [-0.25, -0.2) is 0 Å². The van der Waals surface area contributed by atoms with Crippen molar-refractivity contribution in [3.63, 3.8) is 0 Å². The minimum absolute atomic E-state index is 0.232. The van der Waals surface area contributed by atoms with Crippen molar-refractivity contribution in [1.29, 1.82) is 0 Å². The minimum Gasteiger partial charge on any atom is -0.309 e. The summed E-state index contributed by atoms with van der Waals surface area (Å²) in [5.74, 6) is 0. The van der Waals surface area contributed by atoms with E-state index in [1.807, 2.05) is 24.8 Å². The van der Waals surface area contributed by atoms with Gasteiger partial charge in [-0.2, -0.15) is 0 Å². The van der Waals surface area contributed by atoms with Gasteiger partial charge in [0.05, 0.1) is 22.1 Å². The van der Waals surface area contributed by atoms with Crippen molar-refractivity contribution in [1.82, 2.24) is 19.1 Å². The fourth-order valence-corrected chi connectivity index (χ4v) is 10.4. The van der Waals surface area contributed by atoms with Crippen LogP contribution in [0.25, 0.3) is 55.0 Å². The molecule has 0 fully saturated rings. The molecule has 4 aromatic carbocycles. The Morgan fingerprint density at radius 2 is 0.843 bits per heavy atom. The maximum Gasteiger partial charge on any atom is 0.112 e. The molecule has 0 aliphatic rings. The number of nitrogens with zero attached hydrogens (tertiary/aromatic N) is 4. The summed E-state index contributed by atoms with van der Waals surface area (Å²) in [5, 5.41) is 7.78. The van der Waals surface area contributed by atoms with Crippen molar-refractivity contribution < 1.29 is 0 Å². The molecule has 0 radical (unpaired) electrons. The zero-order valence-corrected chi connectivity index (χ0v) is 32.3. The molecule has 0 unspecified atom stereocenters. The van der Waals surface area contributed by atoms with Crippen molar-refractivity contribution in [2.24, 2.45) is 10.8 Å². The van der Waals surface area contributed by atoms with Crippen molar-refractivity contribution in [2.45, 2.75) is 67.5 Å². The van der Waals surface area contributed by atoms with Crippen LogP contribution in [-0.2, 0) is 12.8 Å². The van der Waals surface area contributed by atoms with Crippen LogP contribution in [-0.4, -0.2) is 27.2 Å². The lowest BCUT2D eigenvalue weighted by Crippen LogP contribution is -2.52. The average Bonchev–Trinajstić information content (AvgIpc) is 3.59. The molecule has 0 atom stereocenters. The van der Waals surface area contributed by atoms with Gasteiger partial charge in [0.25, 0.3) is 0 Å². The summed E-state index contributed by atoms with van der Waals surface area (Å²) in [6.07, 6.45) is 9.93. The first-order chi connectivity index (χ1) is 24.3. The molecular weight excluding hydrogens is 637 g/mol. The first-order valence-corrected chi connectivity index (χ1v) is 21.2. The number of rotatable bonds is 6. The Balaban J connectivity index is 1.13. The Labute approximate surface area is 302 Å². The number of pyridine rings is 2. The van der Waals surface area contributed by atoms with Crippen molar-refractivity contribution >= 4 is 62.1 Å². The highest BCUT2D eigenvalue weighted by molar-refractivity contribution is 7.00. The molecule has 4 aromatic heterocycles. The van der Waals surface area contributed by atoms with E-state index in [1.54, 1.807) is 0 Å². The van der Waals surface area contributed by atoms with E-state index in [-0.39, 0.29) is 10.8 Å². The molecule has 0 N–H and O–H groups in total. The lowest BCUT2D eigenvalue weighted by atomic mass is 9.88. The van der Waals surface area contributed by atoms with Gasteiger partial charge in [-0.1, -0.05) is 101 Å². The van der Waals surface area contributed by atoms with Gasteiger partial charge in [0.1, 0.15) is 8.07 Å². The van der Waals surface area contributed by atoms with Crippen LogP contribution >= 0.6 is 0 Å². The highest BCUT2D eigenvalue weighted by Crippen LogP contribution is 2.35. The van der Waals surface area contributed by atoms with Crippen LogP contribution in [0.3, 0.4) is 0 Å². The quantitative estimate of drug-likeness (QED) is 0.163. The van der Waals surface area contributed by atoms with Crippen molar-refractivity contribution in [3.05, 3.63) is 133 Å². The van der Waals surface area contributed by atoms with Crippen LogP contribution in [0.1, 0.15) is 52.7 Å². The standard InChI is InChI=1S/C46H48N4Si/c1-45(2,3)27-31-9-19-41-37(25-31)39-29-47-23-21-43(39)49(41)33-11-15-35(16-12-33)51(7,8)36-17-13-34(14-18-36)50-42-20-10-32(28-46(4,5)6)26-38(42)40-30-48-24-22-44(40)50/h9-26,29-30H,27-28H2,1-8H3. The normalized spacial score (nSPS) is 12.9. The van der Waals surface area contributed by atoms with Crippen LogP contribution in [0.4, 0.5) is 0 Å². The summed E-state index contributed by atoms with van der Waals surface area (Å²) in [4.78, 5) is 9.02. The zero-order chi connectivity index (χ0) is 35.7. The lowest BCUT2D eigenvalue weighted by Gasteiger charge is -2.24. The smallest absolute Gasteiger partial charge is 0.112 e. The number of aromatic nitrogens is 4. The van der Waals surface area contributed by atoms with Gasteiger partial charge in [0.2, 0.25) is 0 Å². The molecule has 0 aliphatic heterocycles. The van der Waals surface area contributed by atoms with Crippen LogP contribution < -0.4 is 10.4 Å². The van der Waals surface area contributed by atoms with Gasteiger partial charge >= 0.3 is 0 Å². The topological polar surface area (TPSA) is 35.6 Å². The SMILES string of the molecule is CC(C)(C)Cc1ccc2c(c1)c1cnccc1n2-c1ccc([Si](C)(C)c2ccc(-n3c4ccncc4c4cc(CC(C)(C)C)ccc43)cc2)cc1. The number of fused-ring (bicyclic) bond motifs is 6. The third-order valence-electron chi connectivity index (χ3n) is 10.4. The second-order valence-electron chi connectivity index (χ2n) is 17.4. The van der Waals surface area contributed by atoms with Gasteiger partial charge < -0.3 is 9.13 Å². The maximum atomic E-state index is 4.51. The molecule has 0 saturated carbocycles. The minimum atomic E-state index is -1.98. The molecule has 5 heteroatoms. The van der Waals surface area contributed by atoms with Crippen LogP contribution in [0, 0.1) is 10.8 Å². The summed E-state index contributed by atoms with van der Waals surface area (Å²) >= 11 is 0. The fraction of sp³-hybridized carbons (Fsp3) is 0.261. The molecule has 51 heavy (non-hydrogen) atoms. The molecular formula is C46H48N4Si. The summed E-state index contributed by atoms with van der Waals surface area (Å²) in [7, 11) is -1.98. The second kappa shape index (κ2) is 12.1. The summed E-state index contributed by atoms with van der Waals surface area (Å²) < 4.78 is 4.79. The first kappa shape index (κ1) is 33.2. The van der Waals surface area contributed by atoms with E-state index in [0.29, 0.717) is 0 Å². The highest BCUT2D eigenvalue weighted by Gasteiger charge is 2.27. The molecule has 256 valence electrons. The van der Waals surface area contributed by atoms with E-state index in [2.05, 4.69) is 171 Å². The fourth-order valence-electron chi connectivity index (χ4n) is 8.05. The van der Waals surface area contributed by atoms with Crippen molar-refractivity contribution in [3.8, 4) is 11.4 Å². The Morgan fingerprint density at radius 3 is 1.22 bits per heavy atom. The molecule has 0 saturated heterocycles. The number of hydrogen-bond acceptors (Lipinski definition) is 2. The largest absolute Gasteiger partial charge is 0.309 e. The molecule has 8 aromatic rings. The van der Waals surface area contributed by atoms with Gasteiger partial charge in [-0.05, 0) is 95.5 Å². The number of benzene rings is 4. The Morgan fingerprint density at radius 1 is 0.471 bits per heavy atom. The predicted molar refractivity (Wildman–Crippen MR) is 220 cm³/mol. The van der Waals surface area contributed by atoms with E-state index in [1.165, 1.54) is 76.5 Å². The monoisotopic (exact) mass is 684 g/mol. The second-order valence-corrected chi connectivity index (χ2v) is 21.8. The number of hydrogen-bond donors (Lipinski definition) is 0. The molecule has 8 rings (SSSR count). The first-order valence-electron chi connectivity index (χ1n) is 18.2. The van der Waals surface area contributed by atoms with Crippen LogP contribution in [0.5, 0.6) is 0 Å². The van der Waals surface area contributed by atoms with Crippen LogP contribution in [0.2, 0.25) is 13.1 Å². The molecule has 0 bridgehead atoms. The Kier molecular flexibility index (Phi) is 7.84. The summed E-state index contributed by atoms with van der Waals surface area (Å²) in [6, 6.07) is 36.9. The van der Waals surface area contributed by atoms with E-state index in [9.17, 15) is 0 Å². The lowest BCUT2D eigenvalue weighted by molar-refractivity contribution is 0.411.